The second kappa shape index (κ2) is 5.28. The Morgan fingerprint density at radius 3 is 2.65 bits per heavy atom. The molecule has 2 aromatic rings. The zero-order valence-electron chi connectivity index (χ0n) is 11.9. The molecule has 0 saturated heterocycles. The van der Waals surface area contributed by atoms with Crippen molar-refractivity contribution < 1.29 is 9.90 Å². The van der Waals surface area contributed by atoms with Gasteiger partial charge in [-0.05, 0) is 37.6 Å². The number of carboxylic acids is 1. The van der Waals surface area contributed by atoms with E-state index >= 15 is 0 Å². The van der Waals surface area contributed by atoms with Crippen molar-refractivity contribution in [2.24, 2.45) is 5.41 Å². The van der Waals surface area contributed by atoms with Crippen LogP contribution < -0.4 is 0 Å². The van der Waals surface area contributed by atoms with Gasteiger partial charge in [-0.1, -0.05) is 6.92 Å². The summed E-state index contributed by atoms with van der Waals surface area (Å²) in [5.74, 6) is -0.271. The largest absolute Gasteiger partial charge is 0.481 e. The number of tetrazole rings is 1. The van der Waals surface area contributed by atoms with Gasteiger partial charge in [0.15, 0.2) is 5.82 Å². The summed E-state index contributed by atoms with van der Waals surface area (Å²) in [4.78, 5) is 16.6. The van der Waals surface area contributed by atoms with E-state index in [1.165, 1.54) is 11.3 Å². The molecule has 0 amide bonds. The molecule has 0 aromatic carbocycles. The highest BCUT2D eigenvalue weighted by molar-refractivity contribution is 7.15. The fraction of sp³-hybridized carbons (Fsp3) is 0.583. The Labute approximate surface area is 120 Å². The van der Waals surface area contributed by atoms with Crippen molar-refractivity contribution in [2.45, 2.75) is 40.7 Å². The Kier molecular flexibility index (Phi) is 3.85. The molecule has 0 saturated carbocycles. The molecule has 0 bridgehead atoms. The normalized spacial score (nSPS) is 14.2. The molecule has 0 radical (unpaired) electrons. The van der Waals surface area contributed by atoms with E-state index in [9.17, 15) is 9.90 Å². The fourth-order valence-corrected chi connectivity index (χ4v) is 2.78. The molecule has 0 fully saturated rings. The van der Waals surface area contributed by atoms with Crippen molar-refractivity contribution in [1.29, 1.82) is 0 Å². The zero-order chi connectivity index (χ0) is 14.9. The van der Waals surface area contributed by atoms with Gasteiger partial charge in [0.1, 0.15) is 0 Å². The summed E-state index contributed by atoms with van der Waals surface area (Å²) < 4.78 is 1.55. The summed E-state index contributed by atoms with van der Waals surface area (Å²) in [6.45, 7) is 7.60. The highest BCUT2D eigenvalue weighted by Gasteiger charge is 2.33. The van der Waals surface area contributed by atoms with Gasteiger partial charge in [0.05, 0.1) is 27.5 Å². The van der Waals surface area contributed by atoms with Crippen molar-refractivity contribution in [3.8, 4) is 10.7 Å². The molecule has 7 nitrogen and oxygen atoms in total. The fourth-order valence-electron chi connectivity index (χ4n) is 1.87. The molecule has 1 N–H and O–H groups in total. The molecule has 1 unspecified atom stereocenters. The van der Waals surface area contributed by atoms with Crippen LogP contribution in [0.25, 0.3) is 10.7 Å². The van der Waals surface area contributed by atoms with Crippen LogP contribution in [0.5, 0.6) is 0 Å². The lowest BCUT2D eigenvalue weighted by atomic mass is 9.88. The van der Waals surface area contributed by atoms with Crippen molar-refractivity contribution in [3.05, 3.63) is 10.7 Å². The molecule has 0 aliphatic carbocycles. The quantitative estimate of drug-likeness (QED) is 0.905. The van der Waals surface area contributed by atoms with Gasteiger partial charge in [0, 0.05) is 0 Å². The van der Waals surface area contributed by atoms with Crippen LogP contribution in [0.2, 0.25) is 0 Å². The molecule has 2 rings (SSSR count). The van der Waals surface area contributed by atoms with E-state index in [1.807, 2.05) is 20.8 Å². The van der Waals surface area contributed by atoms with Gasteiger partial charge in [-0.2, -0.15) is 0 Å². The lowest BCUT2D eigenvalue weighted by molar-refractivity contribution is -0.149. The summed E-state index contributed by atoms with van der Waals surface area (Å²) in [5.41, 5.74) is -0.0327. The van der Waals surface area contributed by atoms with E-state index in [0.717, 1.165) is 15.6 Å². The van der Waals surface area contributed by atoms with Crippen LogP contribution in [0.15, 0.2) is 0 Å². The number of carbonyl (C=O) groups is 1. The Balaban J connectivity index is 2.39. The molecule has 20 heavy (non-hydrogen) atoms. The molecule has 2 aromatic heterocycles. The number of hydrogen-bond donors (Lipinski definition) is 1. The van der Waals surface area contributed by atoms with Crippen LogP contribution in [0, 0.1) is 19.3 Å². The molecule has 2 heterocycles. The average Bonchev–Trinajstić information content (AvgIpc) is 2.95. The van der Waals surface area contributed by atoms with Gasteiger partial charge < -0.3 is 5.11 Å². The van der Waals surface area contributed by atoms with Gasteiger partial charge in [0.25, 0.3) is 0 Å². The van der Waals surface area contributed by atoms with Crippen molar-refractivity contribution in [1.82, 2.24) is 25.2 Å². The molecular weight excluding hydrogens is 278 g/mol. The van der Waals surface area contributed by atoms with Crippen LogP contribution in [-0.2, 0) is 11.3 Å². The minimum Gasteiger partial charge on any atom is -0.481 e. The maximum Gasteiger partial charge on any atom is 0.311 e. The lowest BCUT2D eigenvalue weighted by Crippen LogP contribution is -2.32. The van der Waals surface area contributed by atoms with Crippen molar-refractivity contribution in [2.75, 3.05) is 0 Å². The Morgan fingerprint density at radius 1 is 1.45 bits per heavy atom. The van der Waals surface area contributed by atoms with E-state index in [1.54, 1.807) is 11.6 Å². The first-order chi connectivity index (χ1) is 9.37. The van der Waals surface area contributed by atoms with Crippen molar-refractivity contribution >= 4 is 17.3 Å². The highest BCUT2D eigenvalue weighted by atomic mass is 32.1. The molecule has 8 heteroatoms. The molecule has 0 spiro atoms. The summed E-state index contributed by atoms with van der Waals surface area (Å²) in [6, 6.07) is 0. The lowest BCUT2D eigenvalue weighted by Gasteiger charge is -2.22. The summed E-state index contributed by atoms with van der Waals surface area (Å²) in [7, 11) is 0. The number of aliphatic carboxylic acids is 1. The van der Waals surface area contributed by atoms with Crippen LogP contribution in [0.4, 0.5) is 0 Å². The maximum atomic E-state index is 11.4. The first-order valence-corrected chi connectivity index (χ1v) is 7.13. The third kappa shape index (κ3) is 2.55. The second-order valence-electron chi connectivity index (χ2n) is 5.03. The number of carboxylic acid groups (broad SMARTS) is 1. The number of aryl methyl sites for hydroxylation is 2. The maximum absolute atomic E-state index is 11.4. The van der Waals surface area contributed by atoms with E-state index in [4.69, 9.17) is 0 Å². The second-order valence-corrected chi connectivity index (χ2v) is 6.23. The first kappa shape index (κ1) is 14.6. The SMILES string of the molecule is CCC(C)(Cn1nnnc1-c1sc(C)nc1C)C(=O)O. The van der Waals surface area contributed by atoms with Crippen LogP contribution >= 0.6 is 11.3 Å². The van der Waals surface area contributed by atoms with Gasteiger partial charge in [0.2, 0.25) is 0 Å². The highest BCUT2D eigenvalue weighted by Crippen LogP contribution is 2.30. The van der Waals surface area contributed by atoms with Gasteiger partial charge in [-0.25, -0.2) is 9.67 Å². The number of hydrogen-bond acceptors (Lipinski definition) is 6. The average molecular weight is 295 g/mol. The van der Waals surface area contributed by atoms with Crippen molar-refractivity contribution in [3.63, 3.8) is 0 Å². The Bertz CT molecular complexity index is 636. The third-order valence-corrected chi connectivity index (χ3v) is 4.50. The number of nitrogens with zero attached hydrogens (tertiary/aromatic N) is 5. The number of rotatable bonds is 5. The minimum atomic E-state index is -0.891. The number of aromatic nitrogens is 5. The minimum absolute atomic E-state index is 0.234. The summed E-state index contributed by atoms with van der Waals surface area (Å²) in [5, 5.41) is 21.9. The van der Waals surface area contributed by atoms with E-state index < -0.39 is 11.4 Å². The zero-order valence-corrected chi connectivity index (χ0v) is 12.7. The third-order valence-electron chi connectivity index (χ3n) is 3.43. The molecule has 1 atom stereocenters. The standard InChI is InChI=1S/C12H17N5O2S/c1-5-12(4,11(18)19)6-17-10(14-15-16-17)9-7(2)13-8(3)20-9/h5-6H2,1-4H3,(H,18,19). The van der Waals surface area contributed by atoms with Gasteiger partial charge in [-0.15, -0.1) is 16.4 Å². The Morgan fingerprint density at radius 2 is 2.15 bits per heavy atom. The Hall–Kier alpha value is -1.83. The topological polar surface area (TPSA) is 93.8 Å². The smallest absolute Gasteiger partial charge is 0.311 e. The summed E-state index contributed by atoms with van der Waals surface area (Å²) >= 11 is 1.51. The van der Waals surface area contributed by atoms with Gasteiger partial charge in [-0.3, -0.25) is 4.79 Å². The molecule has 0 aliphatic rings. The predicted octanol–water partition coefficient (Wildman–Crippen LogP) is 1.91. The van der Waals surface area contributed by atoms with Crippen LogP contribution in [-0.4, -0.2) is 36.3 Å². The van der Waals surface area contributed by atoms with Crippen LogP contribution in [0.3, 0.4) is 0 Å². The number of thiazole rings is 1. The molecule has 0 aliphatic heterocycles. The van der Waals surface area contributed by atoms with E-state index in [-0.39, 0.29) is 6.54 Å². The van der Waals surface area contributed by atoms with E-state index in [2.05, 4.69) is 20.5 Å². The molecular formula is C12H17N5O2S. The predicted molar refractivity (Wildman–Crippen MR) is 74.4 cm³/mol. The van der Waals surface area contributed by atoms with E-state index in [0.29, 0.717) is 12.2 Å². The summed E-state index contributed by atoms with van der Waals surface area (Å²) in [6.07, 6.45) is 0.502. The monoisotopic (exact) mass is 295 g/mol. The molecule has 108 valence electrons. The first-order valence-electron chi connectivity index (χ1n) is 6.31. The van der Waals surface area contributed by atoms with Crippen LogP contribution in [0.1, 0.15) is 31.0 Å². The van der Waals surface area contributed by atoms with Gasteiger partial charge >= 0.3 is 5.97 Å².